The van der Waals surface area contributed by atoms with Crippen LogP contribution in [0.4, 0.5) is 14.9 Å². The minimum Gasteiger partial charge on any atom is -0.444 e. The van der Waals surface area contributed by atoms with E-state index in [4.69, 9.17) is 4.74 Å². The normalized spacial score (nSPS) is 17.8. The highest BCUT2D eigenvalue weighted by Crippen LogP contribution is 2.53. The topological polar surface area (TPSA) is 67.4 Å². The molecule has 0 atom stereocenters. The van der Waals surface area contributed by atoms with Crippen LogP contribution in [0.3, 0.4) is 0 Å². The third-order valence-electron chi connectivity index (χ3n) is 5.13. The Morgan fingerprint density at radius 2 is 1.65 bits per heavy atom. The second-order valence-electron chi connectivity index (χ2n) is 8.23. The van der Waals surface area contributed by atoms with Crippen LogP contribution < -0.4 is 10.6 Å². The third-order valence-corrected chi connectivity index (χ3v) is 5.13. The molecule has 1 saturated carbocycles. The van der Waals surface area contributed by atoms with Crippen LogP contribution >= 0.6 is 0 Å². The largest absolute Gasteiger partial charge is 0.444 e. The van der Waals surface area contributed by atoms with Gasteiger partial charge < -0.3 is 15.4 Å². The Hall–Kier alpha value is -2.11. The van der Waals surface area contributed by atoms with Crippen LogP contribution in [0.1, 0.15) is 60.3 Å². The lowest BCUT2D eigenvalue weighted by atomic mass is 9.54. The molecule has 0 saturated heterocycles. The summed E-state index contributed by atoms with van der Waals surface area (Å²) in [5.41, 5.74) is -1.13. The van der Waals surface area contributed by atoms with Crippen molar-refractivity contribution in [1.29, 1.82) is 0 Å². The summed E-state index contributed by atoms with van der Waals surface area (Å²) in [7, 11) is 0. The Labute approximate surface area is 154 Å². The number of anilines is 1. The molecule has 5 nitrogen and oxygen atoms in total. The molecule has 0 radical (unpaired) electrons. The molecule has 1 aromatic carbocycles. The Morgan fingerprint density at radius 3 is 2.12 bits per heavy atom. The lowest BCUT2D eigenvalue weighted by Gasteiger charge is -2.54. The highest BCUT2D eigenvalue weighted by molar-refractivity contribution is 6.01. The van der Waals surface area contributed by atoms with Gasteiger partial charge in [-0.25, -0.2) is 9.18 Å². The maximum absolute atomic E-state index is 13.1. The number of ether oxygens (including phenoxy) is 1. The number of nitrogens with one attached hydrogen (secondary N) is 2. The van der Waals surface area contributed by atoms with Crippen molar-refractivity contribution in [2.45, 2.75) is 71.4 Å². The van der Waals surface area contributed by atoms with Crippen LogP contribution in [-0.2, 0) is 9.53 Å². The van der Waals surface area contributed by atoms with Crippen LogP contribution in [0.25, 0.3) is 0 Å². The van der Waals surface area contributed by atoms with E-state index in [9.17, 15) is 14.0 Å². The molecule has 0 aromatic heterocycles. The number of hydrogen-bond donors (Lipinski definition) is 2. The van der Waals surface area contributed by atoms with E-state index in [-0.39, 0.29) is 17.1 Å². The first-order valence-corrected chi connectivity index (χ1v) is 9.11. The molecule has 1 aliphatic carbocycles. The fourth-order valence-corrected chi connectivity index (χ4v) is 3.57. The molecule has 2 rings (SSSR count). The number of alkyl carbamates (subject to hydrolysis) is 1. The van der Waals surface area contributed by atoms with Gasteiger partial charge >= 0.3 is 6.09 Å². The zero-order valence-electron chi connectivity index (χ0n) is 16.2. The van der Waals surface area contributed by atoms with Crippen LogP contribution in [0.2, 0.25) is 0 Å². The molecule has 1 aliphatic rings. The molecule has 26 heavy (non-hydrogen) atoms. The van der Waals surface area contributed by atoms with Crippen molar-refractivity contribution in [2.24, 2.45) is 5.41 Å². The molecule has 2 N–H and O–H groups in total. The minimum atomic E-state index is -1.01. The number of amides is 2. The fraction of sp³-hybridized carbons (Fsp3) is 0.600. The summed E-state index contributed by atoms with van der Waals surface area (Å²) < 4.78 is 18.4. The zero-order chi connectivity index (χ0) is 19.6. The molecule has 0 bridgehead atoms. The van der Waals surface area contributed by atoms with Crippen LogP contribution in [0.5, 0.6) is 0 Å². The SMILES string of the molecule is CCC1(CC)CC(NC(=O)OC(C)(C)C)(C(=O)Nc2ccc(F)cc2)C1. The Morgan fingerprint density at radius 1 is 1.12 bits per heavy atom. The highest BCUT2D eigenvalue weighted by Gasteiger charge is 2.58. The van der Waals surface area contributed by atoms with E-state index in [1.165, 1.54) is 24.3 Å². The summed E-state index contributed by atoms with van der Waals surface area (Å²) in [6.07, 6.45) is 2.38. The molecular weight excluding hydrogens is 335 g/mol. The average molecular weight is 364 g/mol. The highest BCUT2D eigenvalue weighted by atomic mass is 19.1. The van der Waals surface area contributed by atoms with Crippen molar-refractivity contribution in [2.75, 3.05) is 5.32 Å². The first-order valence-electron chi connectivity index (χ1n) is 9.11. The Kier molecular flexibility index (Phi) is 5.64. The van der Waals surface area contributed by atoms with E-state index in [1.807, 2.05) is 0 Å². The van der Waals surface area contributed by atoms with Crippen LogP contribution in [0, 0.1) is 11.2 Å². The van der Waals surface area contributed by atoms with Gasteiger partial charge in [0.05, 0.1) is 0 Å². The predicted molar refractivity (Wildman–Crippen MR) is 99.4 cm³/mol. The summed E-state index contributed by atoms with van der Waals surface area (Å²) in [4.78, 5) is 25.2. The number of carbonyl (C=O) groups is 2. The molecule has 144 valence electrons. The molecule has 0 heterocycles. The number of halogens is 1. The predicted octanol–water partition coefficient (Wildman–Crippen LogP) is 4.63. The van der Waals surface area contributed by atoms with Crippen molar-refractivity contribution >= 4 is 17.7 Å². The quantitative estimate of drug-likeness (QED) is 0.800. The monoisotopic (exact) mass is 364 g/mol. The van der Waals surface area contributed by atoms with Gasteiger partial charge in [0.2, 0.25) is 5.91 Å². The van der Waals surface area contributed by atoms with Gasteiger partial charge in [-0.2, -0.15) is 0 Å². The van der Waals surface area contributed by atoms with Crippen molar-refractivity contribution in [1.82, 2.24) is 5.32 Å². The maximum Gasteiger partial charge on any atom is 0.408 e. The van der Waals surface area contributed by atoms with Crippen molar-refractivity contribution < 1.29 is 18.7 Å². The number of benzene rings is 1. The molecule has 0 aliphatic heterocycles. The van der Waals surface area contributed by atoms with E-state index in [2.05, 4.69) is 24.5 Å². The van der Waals surface area contributed by atoms with Gasteiger partial charge in [-0.05, 0) is 63.3 Å². The van der Waals surface area contributed by atoms with Crippen molar-refractivity contribution in [3.8, 4) is 0 Å². The summed E-state index contributed by atoms with van der Waals surface area (Å²) >= 11 is 0. The van der Waals surface area contributed by atoms with Gasteiger partial charge in [0.25, 0.3) is 0 Å². The molecule has 0 spiro atoms. The molecule has 2 amide bonds. The number of carbonyl (C=O) groups excluding carboxylic acids is 2. The summed E-state index contributed by atoms with van der Waals surface area (Å²) in [6, 6.07) is 5.57. The fourth-order valence-electron chi connectivity index (χ4n) is 3.57. The Balaban J connectivity index is 2.17. The lowest BCUT2D eigenvalue weighted by molar-refractivity contribution is -0.133. The smallest absolute Gasteiger partial charge is 0.408 e. The molecule has 1 aromatic rings. The molecular formula is C20H29FN2O3. The van der Waals surface area contributed by atoms with Crippen molar-refractivity contribution in [3.05, 3.63) is 30.1 Å². The summed E-state index contributed by atoms with van der Waals surface area (Å²) in [5.74, 6) is -0.670. The van der Waals surface area contributed by atoms with E-state index >= 15 is 0 Å². The molecule has 0 unspecified atom stereocenters. The van der Waals surface area contributed by atoms with E-state index in [0.717, 1.165) is 12.8 Å². The first kappa shape index (κ1) is 20.2. The average Bonchev–Trinajstić information content (AvgIpc) is 2.51. The number of hydrogen-bond acceptors (Lipinski definition) is 3. The summed E-state index contributed by atoms with van der Waals surface area (Å²) in [5, 5.41) is 5.58. The summed E-state index contributed by atoms with van der Waals surface area (Å²) in [6.45, 7) is 9.53. The van der Waals surface area contributed by atoms with Gasteiger partial charge in [-0.15, -0.1) is 0 Å². The van der Waals surface area contributed by atoms with Gasteiger partial charge in [-0.1, -0.05) is 26.7 Å². The van der Waals surface area contributed by atoms with Gasteiger partial charge in [0.1, 0.15) is 17.0 Å². The minimum absolute atomic E-state index is 0.0369. The van der Waals surface area contributed by atoms with Gasteiger partial charge in [-0.3, -0.25) is 4.79 Å². The van der Waals surface area contributed by atoms with Crippen molar-refractivity contribution in [3.63, 3.8) is 0 Å². The van der Waals surface area contributed by atoms with E-state index in [1.54, 1.807) is 20.8 Å². The number of rotatable bonds is 5. The van der Waals surface area contributed by atoms with Crippen LogP contribution in [0.15, 0.2) is 24.3 Å². The molecule has 1 fully saturated rings. The second kappa shape index (κ2) is 7.25. The van der Waals surface area contributed by atoms with Gasteiger partial charge in [0.15, 0.2) is 0 Å². The first-order chi connectivity index (χ1) is 12.0. The standard InChI is InChI=1S/C20H29FN2O3/c1-6-19(7-2)12-20(13-19,23-17(25)26-18(3,4)5)16(24)22-15-10-8-14(21)9-11-15/h8-11H,6-7,12-13H2,1-5H3,(H,22,24)(H,23,25). The maximum atomic E-state index is 13.1. The van der Waals surface area contributed by atoms with E-state index in [0.29, 0.717) is 18.5 Å². The third kappa shape index (κ3) is 4.54. The zero-order valence-corrected chi connectivity index (χ0v) is 16.2. The Bertz CT molecular complexity index is 653. The van der Waals surface area contributed by atoms with Gasteiger partial charge in [0, 0.05) is 5.69 Å². The van der Waals surface area contributed by atoms with Crippen LogP contribution in [-0.4, -0.2) is 23.1 Å². The lowest BCUT2D eigenvalue weighted by Crippen LogP contribution is -2.68. The van der Waals surface area contributed by atoms with E-state index < -0.39 is 17.2 Å². The molecule has 6 heteroatoms. The second-order valence-corrected chi connectivity index (χ2v) is 8.23.